The van der Waals surface area contributed by atoms with Gasteiger partial charge in [-0.2, -0.15) is 0 Å². The average molecular weight is 422 g/mol. The van der Waals surface area contributed by atoms with E-state index in [2.05, 4.69) is 16.0 Å². The van der Waals surface area contributed by atoms with Gasteiger partial charge in [0.2, 0.25) is 5.91 Å². The lowest BCUT2D eigenvalue weighted by Crippen LogP contribution is -2.47. The van der Waals surface area contributed by atoms with E-state index in [1.807, 2.05) is 13.8 Å². The monoisotopic (exact) mass is 422 g/mol. The van der Waals surface area contributed by atoms with Gasteiger partial charge >= 0.3 is 6.09 Å². The number of carbonyl (C=O) groups is 2. The van der Waals surface area contributed by atoms with Crippen molar-refractivity contribution in [2.75, 3.05) is 13.1 Å². The zero-order valence-corrected chi connectivity index (χ0v) is 17.3. The number of non-ortho nitro benzene ring substituents is 1. The van der Waals surface area contributed by atoms with Crippen LogP contribution in [0.3, 0.4) is 0 Å². The van der Waals surface area contributed by atoms with Crippen LogP contribution < -0.4 is 16.0 Å². The maximum atomic E-state index is 12.2. The highest BCUT2D eigenvalue weighted by Crippen LogP contribution is 2.14. The molecule has 0 spiro atoms. The molecular weight excluding hydrogens is 392 g/mol. The fraction of sp³-hybridized carbons (Fsp3) is 0.600. The molecule has 1 aliphatic heterocycles. The van der Waals surface area contributed by atoms with E-state index in [1.54, 1.807) is 0 Å². The molecule has 30 heavy (non-hydrogen) atoms. The van der Waals surface area contributed by atoms with Crippen LogP contribution >= 0.6 is 0 Å². The fourth-order valence-corrected chi connectivity index (χ4v) is 3.27. The number of nitrogens with one attached hydrogen (secondary N) is 3. The molecule has 2 amide bonds. The molecule has 3 atom stereocenters. The van der Waals surface area contributed by atoms with Crippen molar-refractivity contribution in [1.82, 2.24) is 16.0 Å². The van der Waals surface area contributed by atoms with Gasteiger partial charge in [0.1, 0.15) is 6.61 Å². The molecule has 0 saturated carbocycles. The SMILES string of the molecule is CC(C)C[C@H](NC(=O)OCc1ccc([N+](=O)[O-])cc1)[C@@H](O)CC(=O)N[C@H]1CCNC1. The molecule has 1 fully saturated rings. The second kappa shape index (κ2) is 11.5. The average Bonchev–Trinajstić information content (AvgIpc) is 3.18. The van der Waals surface area contributed by atoms with E-state index in [9.17, 15) is 24.8 Å². The lowest BCUT2D eigenvalue weighted by atomic mass is 9.97. The van der Waals surface area contributed by atoms with Crippen LogP contribution in [0.25, 0.3) is 0 Å². The van der Waals surface area contributed by atoms with Gasteiger partial charge in [0.05, 0.1) is 23.5 Å². The van der Waals surface area contributed by atoms with Gasteiger partial charge in [-0.1, -0.05) is 13.8 Å². The van der Waals surface area contributed by atoms with E-state index in [4.69, 9.17) is 4.74 Å². The first-order valence-corrected chi connectivity index (χ1v) is 10.1. The third-order valence-electron chi connectivity index (χ3n) is 4.83. The Kier molecular flexibility index (Phi) is 9.00. The highest BCUT2D eigenvalue weighted by molar-refractivity contribution is 5.77. The van der Waals surface area contributed by atoms with Gasteiger partial charge in [-0.3, -0.25) is 14.9 Å². The Labute approximate surface area is 175 Å². The first-order valence-electron chi connectivity index (χ1n) is 10.1. The van der Waals surface area contributed by atoms with E-state index in [-0.39, 0.29) is 36.6 Å². The maximum absolute atomic E-state index is 12.2. The lowest BCUT2D eigenvalue weighted by molar-refractivity contribution is -0.384. The van der Waals surface area contributed by atoms with Crippen molar-refractivity contribution in [2.45, 2.75) is 57.9 Å². The number of carbonyl (C=O) groups excluding carboxylic acids is 2. The first kappa shape index (κ1) is 23.6. The highest BCUT2D eigenvalue weighted by atomic mass is 16.6. The molecule has 2 rings (SSSR count). The normalized spacial score (nSPS) is 17.9. The van der Waals surface area contributed by atoms with Crippen LogP contribution in [0.5, 0.6) is 0 Å². The summed E-state index contributed by atoms with van der Waals surface area (Å²) in [6.07, 6.45) is -0.556. The van der Waals surface area contributed by atoms with Crippen molar-refractivity contribution in [3.63, 3.8) is 0 Å². The number of nitro groups is 1. The van der Waals surface area contributed by atoms with Crippen molar-refractivity contribution >= 4 is 17.7 Å². The molecule has 0 unspecified atom stereocenters. The molecule has 1 aromatic carbocycles. The van der Waals surface area contributed by atoms with Crippen molar-refractivity contribution < 1.29 is 24.4 Å². The third-order valence-corrected chi connectivity index (χ3v) is 4.83. The van der Waals surface area contributed by atoms with Gasteiger partial charge in [-0.05, 0) is 43.0 Å². The first-order chi connectivity index (χ1) is 14.2. The van der Waals surface area contributed by atoms with Crippen LogP contribution in [0.1, 0.15) is 38.7 Å². The number of aliphatic hydroxyl groups excluding tert-OH is 1. The molecule has 10 nitrogen and oxygen atoms in total. The number of nitrogens with zero attached hydrogens (tertiary/aromatic N) is 1. The van der Waals surface area contributed by atoms with E-state index >= 15 is 0 Å². The van der Waals surface area contributed by atoms with Gasteiger partial charge in [-0.15, -0.1) is 0 Å². The van der Waals surface area contributed by atoms with Crippen molar-refractivity contribution in [3.05, 3.63) is 39.9 Å². The number of hydrogen-bond donors (Lipinski definition) is 4. The Hall–Kier alpha value is -2.72. The number of alkyl carbamates (subject to hydrolysis) is 1. The minimum absolute atomic E-state index is 0.0463. The number of benzene rings is 1. The molecule has 166 valence electrons. The summed E-state index contributed by atoms with van der Waals surface area (Å²) < 4.78 is 5.16. The van der Waals surface area contributed by atoms with Crippen molar-refractivity contribution in [2.24, 2.45) is 5.92 Å². The van der Waals surface area contributed by atoms with Gasteiger partial charge in [0.15, 0.2) is 0 Å². The summed E-state index contributed by atoms with van der Waals surface area (Å²) in [6.45, 7) is 5.40. The summed E-state index contributed by atoms with van der Waals surface area (Å²) in [5, 5.41) is 29.9. The second-order valence-electron chi connectivity index (χ2n) is 7.91. The smallest absolute Gasteiger partial charge is 0.407 e. The molecule has 1 aliphatic rings. The van der Waals surface area contributed by atoms with Crippen LogP contribution in [0.15, 0.2) is 24.3 Å². The molecule has 4 N–H and O–H groups in total. The molecule has 0 aliphatic carbocycles. The second-order valence-corrected chi connectivity index (χ2v) is 7.91. The minimum Gasteiger partial charge on any atom is -0.445 e. The third kappa shape index (κ3) is 7.96. The predicted octanol–water partition coefficient (Wildman–Crippen LogP) is 1.46. The Morgan fingerprint density at radius 2 is 2.03 bits per heavy atom. The van der Waals surface area contributed by atoms with Gasteiger partial charge in [0, 0.05) is 24.7 Å². The summed E-state index contributed by atoms with van der Waals surface area (Å²) in [5.41, 5.74) is 0.552. The molecule has 1 heterocycles. The largest absolute Gasteiger partial charge is 0.445 e. The Bertz CT molecular complexity index is 719. The molecule has 1 aromatic rings. The minimum atomic E-state index is -1.05. The highest BCUT2D eigenvalue weighted by Gasteiger charge is 2.26. The number of ether oxygens (including phenoxy) is 1. The molecule has 0 radical (unpaired) electrons. The van der Waals surface area contributed by atoms with E-state index in [0.717, 1.165) is 13.0 Å². The zero-order chi connectivity index (χ0) is 22.1. The van der Waals surface area contributed by atoms with E-state index in [1.165, 1.54) is 24.3 Å². The quantitative estimate of drug-likeness (QED) is 0.330. The Balaban J connectivity index is 1.84. The zero-order valence-electron chi connectivity index (χ0n) is 17.3. The van der Waals surface area contributed by atoms with Crippen LogP contribution in [-0.2, 0) is 16.1 Å². The van der Waals surface area contributed by atoms with Gasteiger partial charge < -0.3 is 25.8 Å². The summed E-state index contributed by atoms with van der Waals surface area (Å²) in [4.78, 5) is 34.5. The number of hydrogen-bond acceptors (Lipinski definition) is 7. The summed E-state index contributed by atoms with van der Waals surface area (Å²) in [7, 11) is 0. The predicted molar refractivity (Wildman–Crippen MR) is 110 cm³/mol. The van der Waals surface area contributed by atoms with Gasteiger partial charge in [-0.25, -0.2) is 4.79 Å². The van der Waals surface area contributed by atoms with Gasteiger partial charge in [0.25, 0.3) is 5.69 Å². The topological polar surface area (TPSA) is 143 Å². The van der Waals surface area contributed by atoms with Crippen molar-refractivity contribution in [3.8, 4) is 0 Å². The maximum Gasteiger partial charge on any atom is 0.407 e. The van der Waals surface area contributed by atoms with Crippen LogP contribution in [0.4, 0.5) is 10.5 Å². The standard InChI is InChI=1S/C20H30N4O6/c1-13(2)9-17(18(25)10-19(26)22-15-7-8-21-11-15)23-20(27)30-12-14-3-5-16(6-4-14)24(28)29/h3-6,13,15,17-18,21,25H,7-12H2,1-2H3,(H,22,26)(H,23,27)/t15-,17-,18-/m0/s1. The molecule has 0 bridgehead atoms. The summed E-state index contributed by atoms with van der Waals surface area (Å²) in [6, 6.07) is 5.11. The number of aliphatic hydroxyl groups is 1. The number of amides is 2. The Morgan fingerprint density at radius 3 is 2.60 bits per heavy atom. The van der Waals surface area contributed by atoms with Crippen LogP contribution in [0.2, 0.25) is 0 Å². The Morgan fingerprint density at radius 1 is 1.33 bits per heavy atom. The van der Waals surface area contributed by atoms with Crippen molar-refractivity contribution in [1.29, 1.82) is 0 Å². The molecule has 0 aromatic heterocycles. The summed E-state index contributed by atoms with van der Waals surface area (Å²) in [5.74, 6) is -0.0762. The summed E-state index contributed by atoms with van der Waals surface area (Å²) >= 11 is 0. The fourth-order valence-electron chi connectivity index (χ4n) is 3.27. The van der Waals surface area contributed by atoms with Crippen LogP contribution in [-0.4, -0.2) is 53.3 Å². The molecule has 10 heteroatoms. The lowest BCUT2D eigenvalue weighted by Gasteiger charge is -2.25. The van der Waals surface area contributed by atoms with E-state index in [0.29, 0.717) is 18.5 Å². The number of nitro benzene ring substituents is 1. The molecular formula is C20H30N4O6. The van der Waals surface area contributed by atoms with E-state index < -0.39 is 23.2 Å². The molecule has 1 saturated heterocycles. The number of rotatable bonds is 10. The van der Waals surface area contributed by atoms with Crippen LogP contribution in [0, 0.1) is 16.0 Å².